The molecule has 1 saturated heterocycles. The lowest BCUT2D eigenvalue weighted by Crippen LogP contribution is -2.55. The first-order valence-corrected chi connectivity index (χ1v) is 10.6. The Bertz CT molecular complexity index is 1050. The number of benzene rings is 2. The lowest BCUT2D eigenvalue weighted by atomic mass is 10.1. The molecule has 3 amide bonds. The maximum Gasteiger partial charge on any atom is 0.265 e. The highest BCUT2D eigenvalue weighted by atomic mass is 16.5. The Kier molecular flexibility index (Phi) is 5.40. The van der Waals surface area contributed by atoms with E-state index >= 15 is 0 Å². The van der Waals surface area contributed by atoms with Gasteiger partial charge in [0.1, 0.15) is 18.0 Å². The number of rotatable bonds is 3. The average molecular weight is 437 g/mol. The van der Waals surface area contributed by atoms with Crippen LogP contribution in [0.3, 0.4) is 0 Å². The monoisotopic (exact) mass is 437 g/mol. The second-order valence-electron chi connectivity index (χ2n) is 7.75. The van der Waals surface area contributed by atoms with E-state index in [2.05, 4.69) is 0 Å². The fourth-order valence-electron chi connectivity index (χ4n) is 4.13. The second kappa shape index (κ2) is 8.51. The number of amides is 3. The van der Waals surface area contributed by atoms with E-state index in [0.29, 0.717) is 49.2 Å². The third-order valence-corrected chi connectivity index (χ3v) is 5.77. The molecule has 0 N–H and O–H groups in total. The van der Waals surface area contributed by atoms with Crippen LogP contribution in [-0.4, -0.2) is 74.7 Å². The van der Waals surface area contributed by atoms with E-state index in [9.17, 15) is 14.4 Å². The summed E-state index contributed by atoms with van der Waals surface area (Å²) in [6.45, 7) is 1.74. The van der Waals surface area contributed by atoms with Crippen molar-refractivity contribution < 1.29 is 28.6 Å². The van der Waals surface area contributed by atoms with Gasteiger partial charge in [-0.1, -0.05) is 24.3 Å². The minimum Gasteiger partial charge on any atom is -0.482 e. The number of ether oxygens (including phenoxy) is 3. The Morgan fingerprint density at radius 2 is 1.62 bits per heavy atom. The molecule has 0 bridgehead atoms. The van der Waals surface area contributed by atoms with Crippen LogP contribution in [0.1, 0.15) is 0 Å². The van der Waals surface area contributed by atoms with E-state index in [-0.39, 0.29) is 37.4 Å². The molecule has 166 valence electrons. The van der Waals surface area contributed by atoms with Gasteiger partial charge in [-0.05, 0) is 24.3 Å². The minimum atomic E-state index is -0.820. The van der Waals surface area contributed by atoms with Crippen LogP contribution in [0.4, 0.5) is 11.4 Å². The fraction of sp³-hybridized carbons (Fsp3) is 0.348. The van der Waals surface area contributed by atoms with E-state index in [1.807, 2.05) is 12.1 Å². The Hall–Kier alpha value is -3.59. The topological polar surface area (TPSA) is 88.6 Å². The van der Waals surface area contributed by atoms with E-state index < -0.39 is 6.10 Å². The standard InChI is InChI=1S/C23H23N3O6/c27-21(14-26-16-5-1-3-7-18(16)31-15-22(26)28)25-13-20(23(29)24-9-11-30-12-10-24)32-19-8-4-2-6-17(19)25/h1-8,20H,9-15H2/t20-/m0/s1. The molecule has 3 heterocycles. The maximum absolute atomic E-state index is 13.4. The normalized spacial score (nSPS) is 20.1. The number of para-hydroxylation sites is 4. The Balaban J connectivity index is 1.40. The Labute approximate surface area is 185 Å². The third-order valence-electron chi connectivity index (χ3n) is 5.77. The largest absolute Gasteiger partial charge is 0.482 e. The van der Waals surface area contributed by atoms with Gasteiger partial charge in [0, 0.05) is 13.1 Å². The summed E-state index contributed by atoms with van der Waals surface area (Å²) in [5.41, 5.74) is 1.14. The van der Waals surface area contributed by atoms with Crippen molar-refractivity contribution >= 4 is 29.1 Å². The van der Waals surface area contributed by atoms with Crippen molar-refractivity contribution in [3.8, 4) is 11.5 Å². The van der Waals surface area contributed by atoms with Crippen molar-refractivity contribution in [1.82, 2.24) is 4.90 Å². The van der Waals surface area contributed by atoms with E-state index in [0.717, 1.165) is 0 Å². The van der Waals surface area contributed by atoms with Crippen LogP contribution < -0.4 is 19.3 Å². The molecule has 0 unspecified atom stereocenters. The first kappa shape index (κ1) is 20.3. The summed E-state index contributed by atoms with van der Waals surface area (Å²) in [4.78, 5) is 43.7. The summed E-state index contributed by atoms with van der Waals surface area (Å²) in [7, 11) is 0. The number of morpholine rings is 1. The second-order valence-corrected chi connectivity index (χ2v) is 7.75. The van der Waals surface area contributed by atoms with E-state index in [1.54, 1.807) is 41.3 Å². The van der Waals surface area contributed by atoms with E-state index in [4.69, 9.17) is 14.2 Å². The lowest BCUT2D eigenvalue weighted by Gasteiger charge is -2.38. The Morgan fingerprint density at radius 1 is 0.938 bits per heavy atom. The number of carbonyl (C=O) groups is 3. The molecule has 0 radical (unpaired) electrons. The van der Waals surface area contributed by atoms with Crippen LogP contribution in [0.5, 0.6) is 11.5 Å². The lowest BCUT2D eigenvalue weighted by molar-refractivity contribution is -0.142. The summed E-state index contributed by atoms with van der Waals surface area (Å²) >= 11 is 0. The molecule has 9 heteroatoms. The van der Waals surface area contributed by atoms with Gasteiger partial charge < -0.3 is 24.0 Å². The van der Waals surface area contributed by atoms with Gasteiger partial charge in [-0.2, -0.15) is 0 Å². The molecule has 9 nitrogen and oxygen atoms in total. The highest BCUT2D eigenvalue weighted by Crippen LogP contribution is 2.35. The molecule has 0 saturated carbocycles. The van der Waals surface area contributed by atoms with Gasteiger partial charge in [0.25, 0.3) is 11.8 Å². The van der Waals surface area contributed by atoms with Crippen molar-refractivity contribution in [2.45, 2.75) is 6.10 Å². The minimum absolute atomic E-state index is 0.0756. The maximum atomic E-state index is 13.4. The zero-order valence-electron chi connectivity index (χ0n) is 17.4. The van der Waals surface area contributed by atoms with Crippen LogP contribution in [0.25, 0.3) is 0 Å². The average Bonchev–Trinajstić information content (AvgIpc) is 2.85. The smallest absolute Gasteiger partial charge is 0.265 e. The van der Waals surface area contributed by atoms with Crippen molar-refractivity contribution in [2.75, 3.05) is 55.8 Å². The molecule has 3 aliphatic heterocycles. The van der Waals surface area contributed by atoms with Gasteiger partial charge in [0.2, 0.25) is 5.91 Å². The molecule has 32 heavy (non-hydrogen) atoms. The summed E-state index contributed by atoms with van der Waals surface area (Å²) in [6.07, 6.45) is -0.820. The summed E-state index contributed by atoms with van der Waals surface area (Å²) in [5, 5.41) is 0. The van der Waals surface area contributed by atoms with Crippen LogP contribution >= 0.6 is 0 Å². The predicted octanol–water partition coefficient (Wildman–Crippen LogP) is 1.07. The number of carbonyl (C=O) groups excluding carboxylic acids is 3. The van der Waals surface area contributed by atoms with Crippen LogP contribution in [0.15, 0.2) is 48.5 Å². The number of hydrogen-bond acceptors (Lipinski definition) is 6. The van der Waals surface area contributed by atoms with Gasteiger partial charge >= 0.3 is 0 Å². The summed E-state index contributed by atoms with van der Waals surface area (Å²) in [6, 6.07) is 14.2. The summed E-state index contributed by atoms with van der Waals surface area (Å²) in [5.74, 6) is 0.258. The third kappa shape index (κ3) is 3.75. The van der Waals surface area contributed by atoms with Gasteiger partial charge in [-0.15, -0.1) is 0 Å². The van der Waals surface area contributed by atoms with Gasteiger partial charge in [-0.25, -0.2) is 0 Å². The van der Waals surface area contributed by atoms with Crippen LogP contribution in [0, 0.1) is 0 Å². The molecule has 5 rings (SSSR count). The molecule has 3 aliphatic rings. The first-order chi connectivity index (χ1) is 15.6. The first-order valence-electron chi connectivity index (χ1n) is 10.6. The number of fused-ring (bicyclic) bond motifs is 2. The van der Waals surface area contributed by atoms with Crippen molar-refractivity contribution in [3.05, 3.63) is 48.5 Å². The van der Waals surface area contributed by atoms with Gasteiger partial charge in [0.15, 0.2) is 12.7 Å². The number of anilines is 2. The summed E-state index contributed by atoms with van der Waals surface area (Å²) < 4.78 is 16.8. The van der Waals surface area contributed by atoms with Gasteiger partial charge in [0.05, 0.1) is 31.1 Å². The van der Waals surface area contributed by atoms with E-state index in [1.165, 1.54) is 9.80 Å². The van der Waals surface area contributed by atoms with Crippen molar-refractivity contribution in [3.63, 3.8) is 0 Å². The molecular weight excluding hydrogens is 414 g/mol. The predicted molar refractivity (Wildman–Crippen MR) is 115 cm³/mol. The molecule has 0 spiro atoms. The van der Waals surface area contributed by atoms with Crippen molar-refractivity contribution in [1.29, 1.82) is 0 Å². The van der Waals surface area contributed by atoms with Crippen LogP contribution in [0.2, 0.25) is 0 Å². The molecule has 1 fully saturated rings. The molecule has 0 aromatic heterocycles. The molecule has 2 aromatic rings. The fourth-order valence-corrected chi connectivity index (χ4v) is 4.13. The van der Waals surface area contributed by atoms with Gasteiger partial charge in [-0.3, -0.25) is 19.3 Å². The zero-order chi connectivity index (χ0) is 22.1. The Morgan fingerprint density at radius 3 is 2.41 bits per heavy atom. The number of hydrogen-bond donors (Lipinski definition) is 0. The van der Waals surface area contributed by atoms with Crippen LogP contribution in [-0.2, 0) is 19.1 Å². The molecule has 1 atom stereocenters. The number of nitrogens with zero attached hydrogens (tertiary/aromatic N) is 3. The molecule has 2 aromatic carbocycles. The highest BCUT2D eigenvalue weighted by Gasteiger charge is 2.38. The highest BCUT2D eigenvalue weighted by molar-refractivity contribution is 6.06. The molecule has 0 aliphatic carbocycles. The quantitative estimate of drug-likeness (QED) is 0.714. The SMILES string of the molecule is O=C([C@@H]1CN(C(=O)CN2C(=O)COc3ccccc32)c2ccccc2O1)N1CCOCC1. The zero-order valence-corrected chi connectivity index (χ0v) is 17.4. The molecular formula is C23H23N3O6. The van der Waals surface area contributed by atoms with Crippen molar-refractivity contribution in [2.24, 2.45) is 0 Å².